The second-order valence-electron chi connectivity index (χ2n) is 3.84. The first-order valence-corrected chi connectivity index (χ1v) is 6.18. The first-order valence-electron chi connectivity index (χ1n) is 6.18. The molecule has 0 aliphatic rings. The van der Waals surface area contributed by atoms with Gasteiger partial charge in [0, 0.05) is 18.3 Å². The maximum absolute atomic E-state index is 11.7. The molecular weight excluding hydrogens is 314 g/mol. The Morgan fingerprint density at radius 3 is 1.91 bits per heavy atom. The van der Waals surface area contributed by atoms with Crippen LogP contribution in [0.3, 0.4) is 0 Å². The summed E-state index contributed by atoms with van der Waals surface area (Å²) in [6.45, 7) is 0. The molecule has 0 aliphatic carbocycles. The number of carbonyl (C=O) groups excluding carboxylic acids is 4. The van der Waals surface area contributed by atoms with Crippen LogP contribution < -0.4 is 16.0 Å². The fraction of sp³-hybridized carbons (Fsp3) is 0.500. The van der Waals surface area contributed by atoms with Gasteiger partial charge in [-0.2, -0.15) is 0 Å². The molecule has 0 aliphatic heterocycles. The lowest BCUT2D eigenvalue weighted by Gasteiger charge is -2.17. The smallest absolute Gasteiger partial charge is 0.411 e. The summed E-state index contributed by atoms with van der Waals surface area (Å²) >= 11 is 0. The van der Waals surface area contributed by atoms with Crippen LogP contribution in [0.4, 0.5) is 14.4 Å². The molecule has 23 heavy (non-hydrogen) atoms. The van der Waals surface area contributed by atoms with Gasteiger partial charge in [-0.25, -0.2) is 19.2 Å². The number of nitrogens with one attached hydrogen (secondary N) is 3. The zero-order chi connectivity index (χ0) is 17.8. The van der Waals surface area contributed by atoms with Crippen molar-refractivity contribution in [1.29, 1.82) is 0 Å². The van der Waals surface area contributed by atoms with Crippen molar-refractivity contribution in [2.75, 3.05) is 28.4 Å². The van der Waals surface area contributed by atoms with Gasteiger partial charge in [-0.15, -0.1) is 0 Å². The third kappa shape index (κ3) is 8.14. The van der Waals surface area contributed by atoms with E-state index in [9.17, 15) is 19.2 Å². The van der Waals surface area contributed by atoms with E-state index in [1.165, 1.54) is 0 Å². The molecule has 0 aromatic rings. The van der Waals surface area contributed by atoms with Gasteiger partial charge in [-0.3, -0.25) is 10.6 Å². The van der Waals surface area contributed by atoms with Crippen LogP contribution in [0.25, 0.3) is 0 Å². The lowest BCUT2D eigenvalue weighted by Crippen LogP contribution is -2.43. The van der Waals surface area contributed by atoms with Crippen LogP contribution in [0.5, 0.6) is 0 Å². The number of amides is 3. The van der Waals surface area contributed by atoms with Gasteiger partial charge in [-0.1, -0.05) is 0 Å². The predicted molar refractivity (Wildman–Crippen MR) is 75.1 cm³/mol. The molecule has 1 atom stereocenters. The average molecular weight is 333 g/mol. The maximum Gasteiger partial charge on any atom is 0.411 e. The van der Waals surface area contributed by atoms with Crippen molar-refractivity contribution in [3.8, 4) is 0 Å². The van der Waals surface area contributed by atoms with Crippen LogP contribution in [0.1, 0.15) is 6.42 Å². The number of carbonyl (C=O) groups is 4. The quantitative estimate of drug-likeness (QED) is 0.449. The summed E-state index contributed by atoms with van der Waals surface area (Å²) in [4.78, 5) is 45.3. The minimum absolute atomic E-state index is 0.0500. The molecule has 0 radical (unpaired) electrons. The van der Waals surface area contributed by atoms with E-state index in [2.05, 4.69) is 34.9 Å². The average Bonchev–Trinajstić information content (AvgIpc) is 2.57. The third-order valence-electron chi connectivity index (χ3n) is 2.38. The lowest BCUT2D eigenvalue weighted by atomic mass is 10.1. The van der Waals surface area contributed by atoms with E-state index < -0.39 is 30.3 Å². The largest absolute Gasteiger partial charge is 0.467 e. The van der Waals surface area contributed by atoms with E-state index in [4.69, 9.17) is 0 Å². The zero-order valence-corrected chi connectivity index (χ0v) is 13.1. The minimum atomic E-state index is -1.17. The highest BCUT2D eigenvalue weighted by molar-refractivity contribution is 5.81. The minimum Gasteiger partial charge on any atom is -0.467 e. The molecule has 0 fully saturated rings. The van der Waals surface area contributed by atoms with E-state index in [0.717, 1.165) is 34.6 Å². The van der Waals surface area contributed by atoms with Crippen LogP contribution in [0.15, 0.2) is 11.9 Å². The molecule has 130 valence electrons. The Morgan fingerprint density at radius 1 is 0.870 bits per heavy atom. The first kappa shape index (κ1) is 20.0. The summed E-state index contributed by atoms with van der Waals surface area (Å²) in [6, 6.07) is -1.17. The summed E-state index contributed by atoms with van der Waals surface area (Å²) in [5, 5.41) is 6.71. The highest BCUT2D eigenvalue weighted by Gasteiger charge is 2.24. The molecule has 0 heterocycles. The first-order chi connectivity index (χ1) is 10.9. The van der Waals surface area contributed by atoms with E-state index in [0.29, 0.717) is 0 Å². The van der Waals surface area contributed by atoms with Crippen LogP contribution in [-0.2, 0) is 23.7 Å². The fourth-order valence-electron chi connectivity index (χ4n) is 1.29. The van der Waals surface area contributed by atoms with Gasteiger partial charge >= 0.3 is 24.2 Å². The number of alkyl carbamates (subject to hydrolysis) is 3. The van der Waals surface area contributed by atoms with Gasteiger partial charge in [0.15, 0.2) is 0 Å². The number of rotatable bonds is 6. The topological polar surface area (TPSA) is 141 Å². The highest BCUT2D eigenvalue weighted by atomic mass is 16.5. The van der Waals surface area contributed by atoms with Crippen LogP contribution in [-0.4, -0.2) is 58.7 Å². The number of ether oxygens (including phenoxy) is 4. The Balaban J connectivity index is 5.16. The van der Waals surface area contributed by atoms with Crippen molar-refractivity contribution in [3.05, 3.63) is 11.9 Å². The Hall–Kier alpha value is -2.98. The summed E-state index contributed by atoms with van der Waals surface area (Å²) in [5.41, 5.74) is 0.0500. The van der Waals surface area contributed by atoms with Gasteiger partial charge in [0.05, 0.1) is 28.4 Å². The van der Waals surface area contributed by atoms with E-state index >= 15 is 0 Å². The van der Waals surface area contributed by atoms with Crippen molar-refractivity contribution in [1.82, 2.24) is 16.0 Å². The van der Waals surface area contributed by atoms with Gasteiger partial charge in [0.2, 0.25) is 0 Å². The van der Waals surface area contributed by atoms with Crippen molar-refractivity contribution >= 4 is 24.2 Å². The monoisotopic (exact) mass is 333 g/mol. The summed E-state index contributed by atoms with van der Waals surface area (Å²) in [7, 11) is 4.52. The Morgan fingerprint density at radius 2 is 1.43 bits per heavy atom. The molecule has 0 aromatic carbocycles. The van der Waals surface area contributed by atoms with Gasteiger partial charge in [0.1, 0.15) is 6.04 Å². The van der Waals surface area contributed by atoms with Crippen LogP contribution in [0.2, 0.25) is 0 Å². The molecule has 11 nitrogen and oxygen atoms in total. The lowest BCUT2D eigenvalue weighted by molar-refractivity contribution is -0.143. The highest BCUT2D eigenvalue weighted by Crippen LogP contribution is 2.05. The molecule has 0 aromatic heterocycles. The normalized spacial score (nSPS) is 11.6. The Labute approximate surface area is 132 Å². The van der Waals surface area contributed by atoms with Crippen molar-refractivity contribution in [2.24, 2.45) is 0 Å². The standard InChI is InChI=1S/C12H19N3O8/c1-20-9(16)8(15-12(19)23-4)5-7(14-11(18)22-3)6-13-10(17)21-2/h6,8H,5H2,1-4H3,(H,13,17)(H,14,18)(H,15,19)/b7-6-/t8-/m0/s1. The zero-order valence-electron chi connectivity index (χ0n) is 13.1. The molecule has 0 unspecified atom stereocenters. The molecule has 0 bridgehead atoms. The third-order valence-corrected chi connectivity index (χ3v) is 2.38. The Kier molecular flexibility index (Phi) is 9.32. The SMILES string of the molecule is COC(=O)N/C=C(/C[C@H](NC(=O)OC)C(=O)OC)NC(=O)OC. The van der Waals surface area contributed by atoms with Crippen molar-refractivity contribution in [3.63, 3.8) is 0 Å². The van der Waals surface area contributed by atoms with Gasteiger partial charge in [0.25, 0.3) is 0 Å². The summed E-state index contributed by atoms with van der Waals surface area (Å²) < 4.78 is 17.7. The maximum atomic E-state index is 11.7. The molecular formula is C12H19N3O8. The number of hydrogen-bond donors (Lipinski definition) is 3. The fourth-order valence-corrected chi connectivity index (χ4v) is 1.29. The van der Waals surface area contributed by atoms with Crippen LogP contribution in [0, 0.1) is 0 Å². The van der Waals surface area contributed by atoms with Crippen molar-refractivity contribution in [2.45, 2.75) is 12.5 Å². The molecule has 0 spiro atoms. The van der Waals surface area contributed by atoms with Crippen molar-refractivity contribution < 1.29 is 38.1 Å². The summed E-state index contributed by atoms with van der Waals surface area (Å²) in [5.74, 6) is -0.786. The Bertz CT molecular complexity index is 477. The molecule has 0 saturated heterocycles. The summed E-state index contributed by atoms with van der Waals surface area (Å²) in [6.07, 6.45) is -1.66. The van der Waals surface area contributed by atoms with E-state index in [-0.39, 0.29) is 12.1 Å². The molecule has 0 rings (SSSR count). The molecule has 3 amide bonds. The second kappa shape index (κ2) is 10.7. The molecule has 0 saturated carbocycles. The number of methoxy groups -OCH3 is 4. The van der Waals surface area contributed by atoms with Crippen LogP contribution >= 0.6 is 0 Å². The predicted octanol–water partition coefficient (Wildman–Crippen LogP) is -0.172. The van der Waals surface area contributed by atoms with E-state index in [1.54, 1.807) is 0 Å². The molecule has 3 N–H and O–H groups in total. The second-order valence-corrected chi connectivity index (χ2v) is 3.84. The van der Waals surface area contributed by atoms with Gasteiger partial charge < -0.3 is 24.3 Å². The van der Waals surface area contributed by atoms with Gasteiger partial charge in [-0.05, 0) is 0 Å². The van der Waals surface area contributed by atoms with E-state index in [1.807, 2.05) is 0 Å². The number of hydrogen-bond acceptors (Lipinski definition) is 8. The number of esters is 1. The molecule has 11 heteroatoms.